The van der Waals surface area contributed by atoms with E-state index in [-0.39, 0.29) is 5.97 Å². The predicted molar refractivity (Wildman–Crippen MR) is 63.7 cm³/mol. The average Bonchev–Trinajstić information content (AvgIpc) is 2.16. The van der Waals surface area contributed by atoms with Gasteiger partial charge in [0, 0.05) is 6.92 Å². The molecule has 1 atom stereocenters. The van der Waals surface area contributed by atoms with Gasteiger partial charge >= 0.3 is 5.97 Å². The van der Waals surface area contributed by atoms with Crippen molar-refractivity contribution in [1.82, 2.24) is 0 Å². The van der Waals surface area contributed by atoms with Crippen LogP contribution in [0.1, 0.15) is 52.9 Å². The van der Waals surface area contributed by atoms with E-state index in [1.165, 1.54) is 19.8 Å². The topological polar surface area (TPSA) is 26.3 Å². The van der Waals surface area contributed by atoms with Crippen LogP contribution in [0.25, 0.3) is 0 Å². The maximum Gasteiger partial charge on any atom is 0.302 e. The minimum absolute atomic E-state index is 0.179. The second-order valence-electron chi connectivity index (χ2n) is 4.03. The second-order valence-corrected chi connectivity index (χ2v) is 4.03. The third-order valence-electron chi connectivity index (χ3n) is 2.28. The molecule has 0 spiro atoms. The van der Waals surface area contributed by atoms with Gasteiger partial charge in [-0.1, -0.05) is 32.4 Å². The van der Waals surface area contributed by atoms with E-state index in [4.69, 9.17) is 4.74 Å². The smallest absolute Gasteiger partial charge is 0.302 e. The number of ether oxygens (including phenoxy) is 1. The van der Waals surface area contributed by atoms with E-state index in [1.807, 2.05) is 0 Å². The molecule has 0 N–H and O–H groups in total. The van der Waals surface area contributed by atoms with Crippen molar-refractivity contribution >= 4 is 5.97 Å². The van der Waals surface area contributed by atoms with Crippen molar-refractivity contribution in [3.8, 4) is 0 Å². The fourth-order valence-electron chi connectivity index (χ4n) is 1.46. The first-order chi connectivity index (χ1) is 7.16. The summed E-state index contributed by atoms with van der Waals surface area (Å²) in [6.07, 6.45) is 10.2. The molecule has 2 heteroatoms. The summed E-state index contributed by atoms with van der Waals surface area (Å²) in [5.74, 6) is 0.519. The van der Waals surface area contributed by atoms with Crippen LogP contribution in [0.2, 0.25) is 0 Å². The molecule has 0 saturated heterocycles. The zero-order valence-electron chi connectivity index (χ0n) is 10.3. The van der Waals surface area contributed by atoms with Crippen LogP contribution in [0, 0.1) is 5.92 Å². The molecule has 0 rings (SSSR count). The number of hydrogen-bond donors (Lipinski definition) is 0. The molecule has 0 aromatic rings. The molecule has 0 aliphatic heterocycles. The normalized spacial score (nSPS) is 13.0. The highest BCUT2D eigenvalue weighted by molar-refractivity contribution is 5.65. The van der Waals surface area contributed by atoms with Gasteiger partial charge in [-0.05, 0) is 31.6 Å². The molecular formula is C13H24O2. The van der Waals surface area contributed by atoms with Gasteiger partial charge in [-0.25, -0.2) is 0 Å². The molecule has 88 valence electrons. The fourth-order valence-corrected chi connectivity index (χ4v) is 1.46. The minimum Gasteiger partial charge on any atom is -0.466 e. The molecule has 0 radical (unpaired) electrons. The van der Waals surface area contributed by atoms with Crippen molar-refractivity contribution < 1.29 is 9.53 Å². The Morgan fingerprint density at radius 2 is 2.13 bits per heavy atom. The third kappa shape index (κ3) is 11.1. The van der Waals surface area contributed by atoms with Gasteiger partial charge in [0.25, 0.3) is 0 Å². The number of allylic oxidation sites excluding steroid dienone is 2. The van der Waals surface area contributed by atoms with E-state index in [0.29, 0.717) is 12.5 Å². The minimum atomic E-state index is -0.179. The first-order valence-corrected chi connectivity index (χ1v) is 5.96. The summed E-state index contributed by atoms with van der Waals surface area (Å²) in [6, 6.07) is 0. The summed E-state index contributed by atoms with van der Waals surface area (Å²) in [6.45, 7) is 6.47. The highest BCUT2D eigenvalue weighted by Crippen LogP contribution is 2.07. The predicted octanol–water partition coefficient (Wildman–Crippen LogP) is 3.71. The average molecular weight is 212 g/mol. The lowest BCUT2D eigenvalue weighted by Gasteiger charge is -2.02. The van der Waals surface area contributed by atoms with Crippen molar-refractivity contribution in [3.63, 3.8) is 0 Å². The second kappa shape index (κ2) is 9.75. The molecule has 0 fully saturated rings. The number of rotatable bonds is 8. The molecule has 15 heavy (non-hydrogen) atoms. The zero-order valence-corrected chi connectivity index (χ0v) is 10.3. The lowest BCUT2D eigenvalue weighted by molar-refractivity contribution is -0.141. The van der Waals surface area contributed by atoms with Crippen LogP contribution in [0.5, 0.6) is 0 Å². The Kier molecular flexibility index (Phi) is 9.24. The Hall–Kier alpha value is -0.790. The van der Waals surface area contributed by atoms with Gasteiger partial charge in [0.05, 0.1) is 6.61 Å². The van der Waals surface area contributed by atoms with Gasteiger partial charge < -0.3 is 4.74 Å². The first kappa shape index (κ1) is 14.2. The third-order valence-corrected chi connectivity index (χ3v) is 2.28. The van der Waals surface area contributed by atoms with Crippen LogP contribution >= 0.6 is 0 Å². The molecule has 0 bridgehead atoms. The maximum atomic E-state index is 10.5. The fraction of sp³-hybridized carbons (Fsp3) is 0.769. The monoisotopic (exact) mass is 212 g/mol. The molecule has 0 aromatic carbocycles. The van der Waals surface area contributed by atoms with E-state index in [0.717, 1.165) is 19.3 Å². The summed E-state index contributed by atoms with van der Waals surface area (Å²) >= 11 is 0. The van der Waals surface area contributed by atoms with Crippen LogP contribution in [-0.2, 0) is 9.53 Å². The molecular weight excluding hydrogens is 188 g/mol. The van der Waals surface area contributed by atoms with Crippen molar-refractivity contribution in [1.29, 1.82) is 0 Å². The summed E-state index contributed by atoms with van der Waals surface area (Å²) in [4.78, 5) is 10.5. The molecule has 2 nitrogen and oxygen atoms in total. The lowest BCUT2D eigenvalue weighted by atomic mass is 10.1. The van der Waals surface area contributed by atoms with Crippen LogP contribution in [-0.4, -0.2) is 12.6 Å². The van der Waals surface area contributed by atoms with E-state index in [9.17, 15) is 4.79 Å². The van der Waals surface area contributed by atoms with Gasteiger partial charge in [-0.15, -0.1) is 0 Å². The molecule has 0 amide bonds. The Morgan fingerprint density at radius 1 is 1.40 bits per heavy atom. The highest BCUT2D eigenvalue weighted by atomic mass is 16.5. The standard InChI is InChI=1S/C13H24O2/c1-4-9-12(2)10-7-5-6-8-11-15-13(3)14/h7,10,12H,4-6,8-9,11H2,1-3H3/b10-7-/t12-/m0/s1. The van der Waals surface area contributed by atoms with Crippen molar-refractivity contribution in [2.75, 3.05) is 6.61 Å². The van der Waals surface area contributed by atoms with Crippen LogP contribution < -0.4 is 0 Å². The van der Waals surface area contributed by atoms with Gasteiger partial charge in [0.1, 0.15) is 0 Å². The molecule has 0 unspecified atom stereocenters. The molecule has 0 aliphatic carbocycles. The van der Waals surface area contributed by atoms with Crippen molar-refractivity contribution in [2.24, 2.45) is 5.92 Å². The van der Waals surface area contributed by atoms with Crippen LogP contribution in [0.4, 0.5) is 0 Å². The summed E-state index contributed by atoms with van der Waals surface area (Å²) in [5, 5.41) is 0. The maximum absolute atomic E-state index is 10.5. The van der Waals surface area contributed by atoms with Gasteiger partial charge in [0.15, 0.2) is 0 Å². The number of carbonyl (C=O) groups is 1. The Balaban J connectivity index is 3.26. The van der Waals surface area contributed by atoms with Gasteiger partial charge in [-0.2, -0.15) is 0 Å². The molecule has 0 aliphatic rings. The molecule has 0 aromatic heterocycles. The van der Waals surface area contributed by atoms with E-state index in [2.05, 4.69) is 26.0 Å². The highest BCUT2D eigenvalue weighted by Gasteiger charge is 1.94. The Labute approximate surface area is 93.7 Å². The lowest BCUT2D eigenvalue weighted by Crippen LogP contribution is -1.99. The zero-order chi connectivity index (χ0) is 11.5. The first-order valence-electron chi connectivity index (χ1n) is 5.96. The van der Waals surface area contributed by atoms with E-state index < -0.39 is 0 Å². The van der Waals surface area contributed by atoms with Crippen molar-refractivity contribution in [2.45, 2.75) is 52.9 Å². The summed E-state index contributed by atoms with van der Waals surface area (Å²) < 4.78 is 4.85. The Morgan fingerprint density at radius 3 is 2.73 bits per heavy atom. The van der Waals surface area contributed by atoms with Crippen molar-refractivity contribution in [3.05, 3.63) is 12.2 Å². The Bertz CT molecular complexity index is 185. The number of esters is 1. The molecule has 0 saturated carbocycles. The quantitative estimate of drug-likeness (QED) is 0.348. The molecule has 0 heterocycles. The number of unbranched alkanes of at least 4 members (excludes halogenated alkanes) is 2. The number of hydrogen-bond acceptors (Lipinski definition) is 2. The van der Waals surface area contributed by atoms with Gasteiger partial charge in [-0.3, -0.25) is 4.79 Å². The number of carbonyl (C=O) groups excluding carboxylic acids is 1. The van der Waals surface area contributed by atoms with Crippen LogP contribution in [0.3, 0.4) is 0 Å². The van der Waals surface area contributed by atoms with E-state index >= 15 is 0 Å². The SMILES string of the molecule is CCC[C@H](C)/C=C\CCCCOC(C)=O. The van der Waals surface area contributed by atoms with Gasteiger partial charge in [0.2, 0.25) is 0 Å². The largest absolute Gasteiger partial charge is 0.466 e. The van der Waals surface area contributed by atoms with Crippen LogP contribution in [0.15, 0.2) is 12.2 Å². The summed E-state index contributed by atoms with van der Waals surface area (Å²) in [5.41, 5.74) is 0. The summed E-state index contributed by atoms with van der Waals surface area (Å²) in [7, 11) is 0. The van der Waals surface area contributed by atoms with E-state index in [1.54, 1.807) is 0 Å².